The molecule has 3 nitrogen and oxygen atoms in total. The van der Waals surface area contributed by atoms with Crippen LogP contribution in [0.4, 0.5) is 0 Å². The molecule has 1 fully saturated rings. The number of hydrogen-bond donors (Lipinski definition) is 2. The lowest BCUT2D eigenvalue weighted by molar-refractivity contribution is 0.144. The summed E-state index contributed by atoms with van der Waals surface area (Å²) >= 11 is 0. The van der Waals surface area contributed by atoms with Crippen molar-refractivity contribution in [3.8, 4) is 0 Å². The van der Waals surface area contributed by atoms with Crippen molar-refractivity contribution in [2.24, 2.45) is 0 Å². The molecular weight excluding hydrogens is 283 g/mol. The quantitative estimate of drug-likeness (QED) is 0.897. The normalized spacial score (nSPS) is 21.3. The first-order chi connectivity index (χ1) is 7.86. The summed E-state index contributed by atoms with van der Waals surface area (Å²) in [5.74, 6) is 1.01. The lowest BCUT2D eigenvalue weighted by atomic mass is 9.79. The molecule has 1 aliphatic heterocycles. The third kappa shape index (κ3) is 5.74. The van der Waals surface area contributed by atoms with Crippen LogP contribution >= 0.6 is 24.8 Å². The second-order valence-electron chi connectivity index (χ2n) is 6.46. The molecule has 1 aromatic heterocycles. The maximum Gasteiger partial charge on any atom is 0.117 e. The van der Waals surface area contributed by atoms with Crippen LogP contribution in [0.1, 0.15) is 46.3 Å². The molecule has 112 valence electrons. The molecular formula is C14H26Cl2N2O. The van der Waals surface area contributed by atoms with Gasteiger partial charge in [-0.05, 0) is 52.7 Å². The van der Waals surface area contributed by atoms with Crippen LogP contribution < -0.4 is 10.6 Å². The fraction of sp³-hybridized carbons (Fsp3) is 0.714. The number of piperidine rings is 1. The summed E-state index contributed by atoms with van der Waals surface area (Å²) < 4.78 is 5.35. The predicted octanol–water partition coefficient (Wildman–Crippen LogP) is 3.52. The average molecular weight is 309 g/mol. The van der Waals surface area contributed by atoms with Gasteiger partial charge in [0.05, 0.1) is 12.8 Å². The van der Waals surface area contributed by atoms with Crippen LogP contribution in [-0.4, -0.2) is 17.1 Å². The summed E-state index contributed by atoms with van der Waals surface area (Å²) in [6.45, 7) is 9.92. The summed E-state index contributed by atoms with van der Waals surface area (Å²) in [7, 11) is 0. The van der Waals surface area contributed by atoms with E-state index in [-0.39, 0.29) is 35.9 Å². The van der Waals surface area contributed by atoms with Crippen LogP contribution in [-0.2, 0) is 6.54 Å². The Hall–Kier alpha value is -0.220. The minimum atomic E-state index is 0. The van der Waals surface area contributed by atoms with Gasteiger partial charge in [-0.2, -0.15) is 0 Å². The molecule has 0 bridgehead atoms. The largest absolute Gasteiger partial charge is 0.468 e. The minimum absolute atomic E-state index is 0. The molecule has 0 aliphatic carbocycles. The van der Waals surface area contributed by atoms with Gasteiger partial charge in [-0.25, -0.2) is 0 Å². The van der Waals surface area contributed by atoms with Crippen molar-refractivity contribution in [2.75, 3.05) is 0 Å². The van der Waals surface area contributed by atoms with Crippen LogP contribution in [0.2, 0.25) is 0 Å². The SMILES string of the molecule is CC1(C)CC(NCc2ccco2)CC(C)(C)N1.Cl.Cl. The van der Waals surface area contributed by atoms with Gasteiger partial charge < -0.3 is 15.1 Å². The van der Waals surface area contributed by atoms with Crippen LogP contribution in [0.3, 0.4) is 0 Å². The molecule has 2 heterocycles. The fourth-order valence-corrected chi connectivity index (χ4v) is 3.12. The number of furan rings is 1. The fourth-order valence-electron chi connectivity index (χ4n) is 3.12. The highest BCUT2D eigenvalue weighted by Gasteiger charge is 2.37. The summed E-state index contributed by atoms with van der Waals surface area (Å²) in [6, 6.07) is 4.50. The molecule has 1 aromatic rings. The maximum absolute atomic E-state index is 5.35. The minimum Gasteiger partial charge on any atom is -0.468 e. The van der Waals surface area contributed by atoms with E-state index in [2.05, 4.69) is 38.3 Å². The Morgan fingerprint density at radius 1 is 1.21 bits per heavy atom. The zero-order chi connectivity index (χ0) is 12.5. The molecule has 1 saturated heterocycles. The predicted molar refractivity (Wildman–Crippen MR) is 84.4 cm³/mol. The Morgan fingerprint density at radius 2 is 1.79 bits per heavy atom. The topological polar surface area (TPSA) is 37.2 Å². The Morgan fingerprint density at radius 3 is 2.26 bits per heavy atom. The van der Waals surface area contributed by atoms with E-state index in [0.717, 1.165) is 25.1 Å². The Bertz CT molecular complexity index is 348. The summed E-state index contributed by atoms with van der Waals surface area (Å²) in [5.41, 5.74) is 0.394. The lowest BCUT2D eigenvalue weighted by Crippen LogP contribution is -2.61. The number of rotatable bonds is 3. The summed E-state index contributed by atoms with van der Waals surface area (Å²) in [6.07, 6.45) is 4.03. The van der Waals surface area contributed by atoms with E-state index in [1.54, 1.807) is 6.26 Å². The monoisotopic (exact) mass is 308 g/mol. The van der Waals surface area contributed by atoms with Crippen molar-refractivity contribution < 1.29 is 4.42 Å². The highest BCUT2D eigenvalue weighted by atomic mass is 35.5. The lowest BCUT2D eigenvalue weighted by Gasteiger charge is -2.46. The van der Waals surface area contributed by atoms with Crippen LogP contribution in [0.25, 0.3) is 0 Å². The van der Waals surface area contributed by atoms with Gasteiger partial charge >= 0.3 is 0 Å². The molecule has 5 heteroatoms. The average Bonchev–Trinajstić information content (AvgIpc) is 2.61. The highest BCUT2D eigenvalue weighted by molar-refractivity contribution is 5.85. The molecule has 0 amide bonds. The molecule has 0 unspecified atom stereocenters. The van der Waals surface area contributed by atoms with Crippen molar-refractivity contribution in [1.29, 1.82) is 0 Å². The zero-order valence-corrected chi connectivity index (χ0v) is 13.8. The third-order valence-electron chi connectivity index (χ3n) is 3.34. The first kappa shape index (κ1) is 18.8. The Kier molecular flexibility index (Phi) is 6.90. The van der Waals surface area contributed by atoms with Crippen molar-refractivity contribution in [2.45, 2.75) is 64.2 Å². The molecule has 0 saturated carbocycles. The van der Waals surface area contributed by atoms with Gasteiger partial charge in [0, 0.05) is 17.1 Å². The first-order valence-electron chi connectivity index (χ1n) is 6.41. The molecule has 2 N–H and O–H groups in total. The summed E-state index contributed by atoms with van der Waals surface area (Å²) in [4.78, 5) is 0. The van der Waals surface area contributed by atoms with Crippen molar-refractivity contribution in [3.63, 3.8) is 0 Å². The van der Waals surface area contributed by atoms with E-state index < -0.39 is 0 Å². The first-order valence-corrected chi connectivity index (χ1v) is 6.41. The van der Waals surface area contributed by atoms with Gasteiger partial charge in [-0.3, -0.25) is 0 Å². The van der Waals surface area contributed by atoms with E-state index >= 15 is 0 Å². The van der Waals surface area contributed by atoms with Gasteiger partial charge in [0.2, 0.25) is 0 Å². The Labute approximate surface area is 128 Å². The molecule has 0 spiro atoms. The molecule has 0 radical (unpaired) electrons. The third-order valence-corrected chi connectivity index (χ3v) is 3.34. The van der Waals surface area contributed by atoms with E-state index in [9.17, 15) is 0 Å². The van der Waals surface area contributed by atoms with E-state index in [0.29, 0.717) is 6.04 Å². The maximum atomic E-state index is 5.35. The van der Waals surface area contributed by atoms with Crippen LogP contribution in [0.5, 0.6) is 0 Å². The van der Waals surface area contributed by atoms with Gasteiger partial charge in [0.1, 0.15) is 5.76 Å². The highest BCUT2D eigenvalue weighted by Crippen LogP contribution is 2.28. The molecule has 0 aromatic carbocycles. The summed E-state index contributed by atoms with van der Waals surface area (Å²) in [5, 5.41) is 7.29. The van der Waals surface area contributed by atoms with Gasteiger partial charge in [0.25, 0.3) is 0 Å². The van der Waals surface area contributed by atoms with E-state index in [1.807, 2.05) is 12.1 Å². The smallest absolute Gasteiger partial charge is 0.117 e. The van der Waals surface area contributed by atoms with Crippen molar-refractivity contribution >= 4 is 24.8 Å². The second-order valence-corrected chi connectivity index (χ2v) is 6.46. The molecule has 0 atom stereocenters. The van der Waals surface area contributed by atoms with Crippen LogP contribution in [0, 0.1) is 0 Å². The van der Waals surface area contributed by atoms with Gasteiger partial charge in [-0.1, -0.05) is 0 Å². The number of hydrogen-bond acceptors (Lipinski definition) is 3. The van der Waals surface area contributed by atoms with E-state index in [1.165, 1.54) is 0 Å². The molecule has 2 rings (SSSR count). The number of nitrogens with one attached hydrogen (secondary N) is 2. The van der Waals surface area contributed by atoms with Crippen molar-refractivity contribution in [1.82, 2.24) is 10.6 Å². The molecule has 19 heavy (non-hydrogen) atoms. The number of halogens is 2. The van der Waals surface area contributed by atoms with Gasteiger partial charge in [-0.15, -0.1) is 24.8 Å². The second kappa shape index (κ2) is 6.98. The molecule has 1 aliphatic rings. The van der Waals surface area contributed by atoms with Crippen LogP contribution in [0.15, 0.2) is 22.8 Å². The van der Waals surface area contributed by atoms with Crippen molar-refractivity contribution in [3.05, 3.63) is 24.2 Å². The van der Waals surface area contributed by atoms with Gasteiger partial charge in [0.15, 0.2) is 0 Å². The standard InChI is InChI=1S/C14H24N2O.2ClH/c1-13(2)8-11(9-14(3,4)16-13)15-10-12-6-5-7-17-12;;/h5-7,11,15-16H,8-10H2,1-4H3;2*1H. The zero-order valence-electron chi connectivity index (χ0n) is 12.2. The Balaban J connectivity index is 0.00000162. The van der Waals surface area contributed by atoms with E-state index in [4.69, 9.17) is 4.42 Å².